The van der Waals surface area contributed by atoms with Gasteiger partial charge in [-0.1, -0.05) is 18.2 Å². The maximum Gasteiger partial charge on any atom is 0.186 e. The Morgan fingerprint density at radius 3 is 2.86 bits per heavy atom. The summed E-state index contributed by atoms with van der Waals surface area (Å²) in [5, 5.41) is 21.9. The lowest BCUT2D eigenvalue weighted by atomic mass is 10.0. The van der Waals surface area contributed by atoms with Gasteiger partial charge in [-0.15, -0.1) is 10.2 Å². The predicted octanol–water partition coefficient (Wildman–Crippen LogP) is 2.48. The first kappa shape index (κ1) is 12.5. The van der Waals surface area contributed by atoms with Crippen LogP contribution in [0.1, 0.15) is 25.0 Å². The number of hydrogen-bond donors (Lipinski definition) is 1. The number of benzene rings is 1. The van der Waals surface area contributed by atoms with Crippen LogP contribution in [0, 0.1) is 17.2 Å². The van der Waals surface area contributed by atoms with Crippen LogP contribution in [0.25, 0.3) is 10.9 Å². The minimum absolute atomic E-state index is 0.261. The summed E-state index contributed by atoms with van der Waals surface area (Å²) in [4.78, 5) is 0. The van der Waals surface area contributed by atoms with E-state index < -0.39 is 0 Å². The van der Waals surface area contributed by atoms with Gasteiger partial charge in [-0.2, -0.15) is 5.26 Å². The van der Waals surface area contributed by atoms with E-state index in [-0.39, 0.29) is 12.1 Å². The molecule has 1 aromatic heterocycles. The Bertz CT molecular complexity index is 720. The molecule has 1 saturated heterocycles. The molecule has 4 rings (SSSR count). The minimum Gasteiger partial charge on any atom is -0.377 e. The van der Waals surface area contributed by atoms with Crippen LogP contribution >= 0.6 is 0 Å². The van der Waals surface area contributed by atoms with Crippen LogP contribution in [0.5, 0.6) is 0 Å². The number of nitrogens with zero attached hydrogens (tertiary/aromatic N) is 3. The maximum absolute atomic E-state index is 9.32. The van der Waals surface area contributed by atoms with E-state index in [1.165, 1.54) is 12.8 Å². The lowest BCUT2D eigenvalue weighted by Crippen LogP contribution is -2.31. The van der Waals surface area contributed by atoms with Gasteiger partial charge in [0.1, 0.15) is 6.07 Å². The van der Waals surface area contributed by atoms with Gasteiger partial charge in [0.25, 0.3) is 0 Å². The lowest BCUT2D eigenvalue weighted by molar-refractivity contribution is 0.0898. The zero-order chi connectivity index (χ0) is 14.2. The van der Waals surface area contributed by atoms with Gasteiger partial charge in [0.05, 0.1) is 23.3 Å². The van der Waals surface area contributed by atoms with Gasteiger partial charge in [0, 0.05) is 12.0 Å². The Balaban J connectivity index is 1.73. The largest absolute Gasteiger partial charge is 0.377 e. The van der Waals surface area contributed by atoms with Gasteiger partial charge in [0.15, 0.2) is 5.69 Å². The van der Waals surface area contributed by atoms with E-state index >= 15 is 0 Å². The molecule has 2 heterocycles. The second-order valence-corrected chi connectivity index (χ2v) is 5.76. The Hall–Kier alpha value is -2.19. The fourth-order valence-electron chi connectivity index (χ4n) is 3.12. The number of nitriles is 1. The molecule has 5 nitrogen and oxygen atoms in total. The molecular weight excluding hydrogens is 264 g/mol. The fraction of sp³-hybridized carbons (Fsp3) is 0.438. The average molecular weight is 280 g/mol. The number of aromatic nitrogens is 2. The van der Waals surface area contributed by atoms with Gasteiger partial charge in [-0.25, -0.2) is 0 Å². The van der Waals surface area contributed by atoms with Gasteiger partial charge in [-0.05, 0) is 31.2 Å². The average Bonchev–Trinajstić information content (AvgIpc) is 3.27. The quantitative estimate of drug-likeness (QED) is 0.935. The molecule has 0 spiro atoms. The molecule has 2 atom stereocenters. The molecule has 1 saturated carbocycles. The van der Waals surface area contributed by atoms with Gasteiger partial charge >= 0.3 is 0 Å². The highest BCUT2D eigenvalue weighted by Crippen LogP contribution is 2.40. The first-order chi connectivity index (χ1) is 10.4. The van der Waals surface area contributed by atoms with E-state index in [1.807, 2.05) is 24.3 Å². The molecule has 2 aromatic rings. The molecule has 2 aliphatic rings. The molecule has 2 fully saturated rings. The first-order valence-corrected chi connectivity index (χ1v) is 7.40. The van der Waals surface area contributed by atoms with Gasteiger partial charge < -0.3 is 10.1 Å². The topological polar surface area (TPSA) is 70.8 Å². The first-order valence-electron chi connectivity index (χ1n) is 7.40. The third-order valence-corrected chi connectivity index (χ3v) is 4.33. The van der Waals surface area contributed by atoms with E-state index in [0.717, 1.165) is 29.6 Å². The van der Waals surface area contributed by atoms with Crippen molar-refractivity contribution in [1.82, 2.24) is 10.2 Å². The number of nitrogens with one attached hydrogen (secondary N) is 1. The lowest BCUT2D eigenvalue weighted by Gasteiger charge is -2.21. The second-order valence-electron chi connectivity index (χ2n) is 5.76. The van der Waals surface area contributed by atoms with Crippen molar-refractivity contribution in [3.8, 4) is 6.07 Å². The van der Waals surface area contributed by atoms with Crippen molar-refractivity contribution in [2.75, 3.05) is 11.9 Å². The predicted molar refractivity (Wildman–Crippen MR) is 78.7 cm³/mol. The summed E-state index contributed by atoms with van der Waals surface area (Å²) in [6.45, 7) is 0.789. The number of anilines is 1. The molecule has 0 bridgehead atoms. The molecule has 1 N–H and O–H groups in total. The molecule has 2 unspecified atom stereocenters. The molecule has 0 amide bonds. The highest BCUT2D eigenvalue weighted by molar-refractivity contribution is 5.92. The molecule has 21 heavy (non-hydrogen) atoms. The molecule has 1 aromatic carbocycles. The second kappa shape index (κ2) is 4.97. The summed E-state index contributed by atoms with van der Waals surface area (Å²) in [6.07, 6.45) is 3.75. The molecule has 0 radical (unpaired) electrons. The molecular formula is C16H16N4O. The molecule has 106 valence electrons. The Labute approximate surface area is 122 Å². The Morgan fingerprint density at radius 1 is 1.19 bits per heavy atom. The summed E-state index contributed by atoms with van der Waals surface area (Å²) in [7, 11) is 0. The van der Waals surface area contributed by atoms with E-state index in [4.69, 9.17) is 4.74 Å². The van der Waals surface area contributed by atoms with Crippen molar-refractivity contribution in [3.05, 3.63) is 30.0 Å². The Morgan fingerprint density at radius 2 is 2.05 bits per heavy atom. The van der Waals surface area contributed by atoms with Crippen LogP contribution in [-0.4, -0.2) is 29.0 Å². The SMILES string of the molecule is N#Cc1nnc2ccccc2c1NC1CCOC1C1CC1. The minimum atomic E-state index is 0.261. The highest BCUT2D eigenvalue weighted by atomic mass is 16.5. The van der Waals surface area contributed by atoms with Gasteiger partial charge in [0.2, 0.25) is 0 Å². The Kier molecular flexibility index (Phi) is 2.97. The maximum atomic E-state index is 9.32. The molecule has 1 aliphatic carbocycles. The van der Waals surface area contributed by atoms with E-state index in [0.29, 0.717) is 11.6 Å². The normalized spacial score (nSPS) is 24.9. The zero-order valence-corrected chi connectivity index (χ0v) is 11.6. The molecule has 5 heteroatoms. The van der Waals surface area contributed by atoms with Crippen molar-refractivity contribution in [1.29, 1.82) is 5.26 Å². The van der Waals surface area contributed by atoms with E-state index in [9.17, 15) is 5.26 Å². The molecule has 1 aliphatic heterocycles. The van der Waals surface area contributed by atoms with Crippen LogP contribution in [0.15, 0.2) is 24.3 Å². The standard InChI is InChI=1S/C16H16N4O/c17-9-14-15(11-3-1-2-4-12(11)19-20-14)18-13-7-8-21-16(13)10-5-6-10/h1-4,10,13,16H,5-8H2,(H,18,19). The number of hydrogen-bond acceptors (Lipinski definition) is 5. The number of ether oxygens (including phenoxy) is 1. The third kappa shape index (κ3) is 2.22. The van der Waals surface area contributed by atoms with Gasteiger partial charge in [-0.3, -0.25) is 0 Å². The summed E-state index contributed by atoms with van der Waals surface area (Å²) in [5.41, 5.74) is 1.96. The van der Waals surface area contributed by atoms with E-state index in [1.54, 1.807) is 0 Å². The van der Waals surface area contributed by atoms with Crippen molar-refractivity contribution >= 4 is 16.6 Å². The van der Waals surface area contributed by atoms with Crippen LogP contribution in [0.3, 0.4) is 0 Å². The number of rotatable bonds is 3. The summed E-state index contributed by atoms with van der Waals surface area (Å²) < 4.78 is 5.87. The summed E-state index contributed by atoms with van der Waals surface area (Å²) in [5.74, 6) is 0.677. The van der Waals surface area contributed by atoms with Crippen LogP contribution < -0.4 is 5.32 Å². The van der Waals surface area contributed by atoms with Crippen LogP contribution in [-0.2, 0) is 4.74 Å². The van der Waals surface area contributed by atoms with Crippen LogP contribution in [0.2, 0.25) is 0 Å². The van der Waals surface area contributed by atoms with Crippen molar-refractivity contribution < 1.29 is 4.74 Å². The number of fused-ring (bicyclic) bond motifs is 1. The summed E-state index contributed by atoms with van der Waals surface area (Å²) >= 11 is 0. The third-order valence-electron chi connectivity index (χ3n) is 4.33. The smallest absolute Gasteiger partial charge is 0.186 e. The fourth-order valence-corrected chi connectivity index (χ4v) is 3.12. The monoisotopic (exact) mass is 280 g/mol. The van der Waals surface area contributed by atoms with E-state index in [2.05, 4.69) is 21.6 Å². The highest BCUT2D eigenvalue weighted by Gasteiger charge is 2.41. The summed E-state index contributed by atoms with van der Waals surface area (Å²) in [6, 6.07) is 10.2. The zero-order valence-electron chi connectivity index (χ0n) is 11.6. The van der Waals surface area contributed by atoms with Crippen molar-refractivity contribution in [2.24, 2.45) is 5.92 Å². The van der Waals surface area contributed by atoms with Crippen molar-refractivity contribution in [3.63, 3.8) is 0 Å². The van der Waals surface area contributed by atoms with Crippen molar-refractivity contribution in [2.45, 2.75) is 31.4 Å². The van der Waals surface area contributed by atoms with Crippen LogP contribution in [0.4, 0.5) is 5.69 Å².